The summed E-state index contributed by atoms with van der Waals surface area (Å²) >= 11 is 1.48. The van der Waals surface area contributed by atoms with Crippen molar-refractivity contribution in [2.24, 2.45) is 0 Å². The second kappa shape index (κ2) is 4.93. The predicted octanol–water partition coefficient (Wildman–Crippen LogP) is 3.22. The standard InChI is InChI=1S/C13H11NO2S/c1-9-4-2-3-5-11(9)13-14-8-10(17-13)6-7-12(15)16/h2-8H,1H3,(H,15,16)/b7-6+. The fourth-order valence-electron chi connectivity index (χ4n) is 1.45. The fraction of sp³-hybridized carbons (Fsp3) is 0.0769. The maximum Gasteiger partial charge on any atom is 0.328 e. The van der Waals surface area contributed by atoms with E-state index in [0.29, 0.717) is 0 Å². The third-order valence-electron chi connectivity index (χ3n) is 2.29. The first kappa shape index (κ1) is 11.5. The van der Waals surface area contributed by atoms with E-state index in [-0.39, 0.29) is 0 Å². The summed E-state index contributed by atoms with van der Waals surface area (Å²) in [4.78, 5) is 15.5. The zero-order valence-corrected chi connectivity index (χ0v) is 10.1. The second-order valence-electron chi connectivity index (χ2n) is 3.55. The van der Waals surface area contributed by atoms with Gasteiger partial charge in [0.15, 0.2) is 0 Å². The van der Waals surface area contributed by atoms with Crippen molar-refractivity contribution in [2.75, 3.05) is 0 Å². The number of carboxylic acids is 1. The zero-order chi connectivity index (χ0) is 12.3. The van der Waals surface area contributed by atoms with Crippen molar-refractivity contribution >= 4 is 23.4 Å². The van der Waals surface area contributed by atoms with Crippen LogP contribution in [0.4, 0.5) is 0 Å². The van der Waals surface area contributed by atoms with E-state index in [1.54, 1.807) is 12.3 Å². The number of hydrogen-bond donors (Lipinski definition) is 1. The third-order valence-corrected chi connectivity index (χ3v) is 3.29. The molecule has 3 nitrogen and oxygen atoms in total. The lowest BCUT2D eigenvalue weighted by Crippen LogP contribution is -1.84. The van der Waals surface area contributed by atoms with E-state index in [0.717, 1.165) is 27.1 Å². The topological polar surface area (TPSA) is 50.2 Å². The van der Waals surface area contributed by atoms with Crippen LogP contribution in [0.25, 0.3) is 16.6 Å². The molecule has 17 heavy (non-hydrogen) atoms. The first-order valence-corrected chi connectivity index (χ1v) is 5.91. The minimum atomic E-state index is -0.948. The summed E-state index contributed by atoms with van der Waals surface area (Å²) in [5.41, 5.74) is 2.25. The molecule has 0 amide bonds. The lowest BCUT2D eigenvalue weighted by molar-refractivity contribution is -0.131. The Balaban J connectivity index is 2.30. The highest BCUT2D eigenvalue weighted by molar-refractivity contribution is 7.15. The summed E-state index contributed by atoms with van der Waals surface area (Å²) < 4.78 is 0. The van der Waals surface area contributed by atoms with Crippen molar-refractivity contribution in [3.05, 3.63) is 47.0 Å². The third kappa shape index (κ3) is 2.79. The Hall–Kier alpha value is -1.94. The Bertz CT molecular complexity index is 572. The summed E-state index contributed by atoms with van der Waals surface area (Å²) in [6, 6.07) is 8.00. The smallest absolute Gasteiger partial charge is 0.328 e. The average molecular weight is 245 g/mol. The van der Waals surface area contributed by atoms with Crippen LogP contribution in [-0.4, -0.2) is 16.1 Å². The Kier molecular flexibility index (Phi) is 3.35. The van der Waals surface area contributed by atoms with E-state index >= 15 is 0 Å². The van der Waals surface area contributed by atoms with E-state index in [1.165, 1.54) is 11.3 Å². The van der Waals surface area contributed by atoms with E-state index in [2.05, 4.69) is 4.98 Å². The van der Waals surface area contributed by atoms with Crippen LogP contribution >= 0.6 is 11.3 Å². The molecule has 0 saturated carbocycles. The molecule has 1 N–H and O–H groups in total. The monoisotopic (exact) mass is 245 g/mol. The first-order valence-electron chi connectivity index (χ1n) is 5.09. The molecule has 2 rings (SSSR count). The van der Waals surface area contributed by atoms with Gasteiger partial charge in [-0.2, -0.15) is 0 Å². The molecule has 0 unspecified atom stereocenters. The number of benzene rings is 1. The van der Waals surface area contributed by atoms with Gasteiger partial charge < -0.3 is 5.11 Å². The van der Waals surface area contributed by atoms with Gasteiger partial charge in [-0.05, 0) is 18.6 Å². The highest BCUT2D eigenvalue weighted by Gasteiger charge is 2.05. The van der Waals surface area contributed by atoms with Crippen molar-refractivity contribution in [1.82, 2.24) is 4.98 Å². The van der Waals surface area contributed by atoms with Crippen molar-refractivity contribution in [3.63, 3.8) is 0 Å². The molecular formula is C13H11NO2S. The molecule has 0 bridgehead atoms. The molecule has 1 heterocycles. The van der Waals surface area contributed by atoms with Gasteiger partial charge in [-0.25, -0.2) is 9.78 Å². The molecule has 0 aliphatic carbocycles. The quantitative estimate of drug-likeness (QED) is 0.845. The molecule has 0 radical (unpaired) electrons. The van der Waals surface area contributed by atoms with E-state index in [4.69, 9.17) is 5.11 Å². The van der Waals surface area contributed by atoms with Crippen molar-refractivity contribution in [3.8, 4) is 10.6 Å². The molecule has 0 saturated heterocycles. The van der Waals surface area contributed by atoms with Gasteiger partial charge in [0, 0.05) is 22.7 Å². The minimum absolute atomic E-state index is 0.839. The molecule has 4 heteroatoms. The molecule has 0 spiro atoms. The van der Waals surface area contributed by atoms with Gasteiger partial charge >= 0.3 is 5.97 Å². The van der Waals surface area contributed by atoms with Gasteiger partial charge in [0.1, 0.15) is 5.01 Å². The Morgan fingerprint density at radius 2 is 2.18 bits per heavy atom. The van der Waals surface area contributed by atoms with Crippen LogP contribution in [0.2, 0.25) is 0 Å². The van der Waals surface area contributed by atoms with Gasteiger partial charge in [0.25, 0.3) is 0 Å². The number of hydrogen-bond acceptors (Lipinski definition) is 3. The van der Waals surface area contributed by atoms with Crippen LogP contribution in [0.1, 0.15) is 10.4 Å². The molecule has 1 aromatic heterocycles. The summed E-state index contributed by atoms with van der Waals surface area (Å²) in [6.45, 7) is 2.03. The van der Waals surface area contributed by atoms with Crippen LogP contribution in [0, 0.1) is 6.92 Å². The van der Waals surface area contributed by atoms with Gasteiger partial charge in [0.2, 0.25) is 0 Å². The zero-order valence-electron chi connectivity index (χ0n) is 9.25. The predicted molar refractivity (Wildman–Crippen MR) is 69.0 cm³/mol. The van der Waals surface area contributed by atoms with E-state index < -0.39 is 5.97 Å². The van der Waals surface area contributed by atoms with Crippen LogP contribution in [0.15, 0.2) is 36.5 Å². The summed E-state index contributed by atoms with van der Waals surface area (Å²) in [6.07, 6.45) is 4.36. The number of aliphatic carboxylic acids is 1. The molecule has 0 atom stereocenters. The van der Waals surface area contributed by atoms with Crippen LogP contribution in [-0.2, 0) is 4.79 Å². The van der Waals surface area contributed by atoms with Gasteiger partial charge in [-0.1, -0.05) is 24.3 Å². The normalized spacial score (nSPS) is 10.9. The number of thiazole rings is 1. The lowest BCUT2D eigenvalue weighted by Gasteiger charge is -1.99. The molecular weight excluding hydrogens is 234 g/mol. The minimum Gasteiger partial charge on any atom is -0.478 e. The van der Waals surface area contributed by atoms with E-state index in [1.807, 2.05) is 31.2 Å². The first-order chi connectivity index (χ1) is 8.16. The molecule has 0 fully saturated rings. The average Bonchev–Trinajstić information content (AvgIpc) is 2.75. The van der Waals surface area contributed by atoms with Crippen LogP contribution < -0.4 is 0 Å². The fourth-order valence-corrected chi connectivity index (χ4v) is 2.36. The lowest BCUT2D eigenvalue weighted by atomic mass is 10.1. The van der Waals surface area contributed by atoms with Crippen molar-refractivity contribution < 1.29 is 9.90 Å². The summed E-state index contributed by atoms with van der Waals surface area (Å²) in [5.74, 6) is -0.948. The maximum atomic E-state index is 10.4. The van der Waals surface area contributed by atoms with E-state index in [9.17, 15) is 4.79 Å². The number of nitrogens with zero attached hydrogens (tertiary/aromatic N) is 1. The number of aryl methyl sites for hydroxylation is 1. The number of rotatable bonds is 3. The Labute approximate surface area is 103 Å². The Morgan fingerprint density at radius 1 is 1.41 bits per heavy atom. The highest BCUT2D eigenvalue weighted by Crippen LogP contribution is 2.28. The molecule has 0 aliphatic rings. The number of aromatic nitrogens is 1. The van der Waals surface area contributed by atoms with Gasteiger partial charge in [0.05, 0.1) is 0 Å². The molecule has 0 aliphatic heterocycles. The number of carbonyl (C=O) groups is 1. The van der Waals surface area contributed by atoms with Crippen molar-refractivity contribution in [2.45, 2.75) is 6.92 Å². The largest absolute Gasteiger partial charge is 0.478 e. The SMILES string of the molecule is Cc1ccccc1-c1ncc(/C=C/C(=O)O)s1. The van der Waals surface area contributed by atoms with Crippen LogP contribution in [0.3, 0.4) is 0 Å². The summed E-state index contributed by atoms with van der Waals surface area (Å²) in [7, 11) is 0. The molecule has 86 valence electrons. The van der Waals surface area contributed by atoms with Crippen LogP contribution in [0.5, 0.6) is 0 Å². The Morgan fingerprint density at radius 3 is 2.88 bits per heavy atom. The maximum absolute atomic E-state index is 10.4. The van der Waals surface area contributed by atoms with Gasteiger partial charge in [-0.3, -0.25) is 0 Å². The molecule has 2 aromatic rings. The highest BCUT2D eigenvalue weighted by atomic mass is 32.1. The second-order valence-corrected chi connectivity index (χ2v) is 4.62. The summed E-state index contributed by atoms with van der Waals surface area (Å²) in [5, 5.41) is 9.45. The number of carboxylic acid groups (broad SMARTS) is 1. The molecule has 1 aromatic carbocycles. The van der Waals surface area contributed by atoms with Gasteiger partial charge in [-0.15, -0.1) is 11.3 Å². The van der Waals surface area contributed by atoms with Crippen molar-refractivity contribution in [1.29, 1.82) is 0 Å².